The second-order valence-electron chi connectivity index (χ2n) is 2.82. The molecule has 1 aromatic heterocycles. The average molecular weight is 182 g/mol. The van der Waals surface area contributed by atoms with Gasteiger partial charge in [0.25, 0.3) is 5.91 Å². The Morgan fingerprint density at radius 3 is 3.33 bits per heavy atom. The van der Waals surface area contributed by atoms with Crippen LogP contribution in [0.25, 0.3) is 0 Å². The fourth-order valence-electron chi connectivity index (χ4n) is 1.30. The average Bonchev–Trinajstić information content (AvgIpc) is 2.47. The summed E-state index contributed by atoms with van der Waals surface area (Å²) in [5.41, 5.74) is 0.806. The number of fused-ring (bicyclic) bond motifs is 1. The van der Waals surface area contributed by atoms with Gasteiger partial charge in [-0.1, -0.05) is 0 Å². The van der Waals surface area contributed by atoms with Gasteiger partial charge in [0.1, 0.15) is 5.00 Å². The van der Waals surface area contributed by atoms with Crippen LogP contribution in [-0.2, 0) is 0 Å². The zero-order valence-corrected chi connectivity index (χ0v) is 7.65. The predicted octanol–water partition coefficient (Wildman–Crippen LogP) is 0.928. The fourth-order valence-corrected chi connectivity index (χ4v) is 2.20. The maximum absolute atomic E-state index is 11.4. The molecule has 4 heteroatoms. The lowest BCUT2D eigenvalue weighted by atomic mass is 10.3. The van der Waals surface area contributed by atoms with Crippen molar-refractivity contribution in [3.63, 3.8) is 0 Å². The maximum atomic E-state index is 11.4. The lowest BCUT2D eigenvalue weighted by molar-refractivity contribution is 0.0958. The number of likely N-dealkylation sites (N-methyl/N-ethyl adjacent to an activating group) is 1. The van der Waals surface area contributed by atoms with Crippen LogP contribution in [0.5, 0.6) is 0 Å². The van der Waals surface area contributed by atoms with E-state index in [4.69, 9.17) is 0 Å². The summed E-state index contributed by atoms with van der Waals surface area (Å²) in [5, 5.41) is 5.87. The molecule has 12 heavy (non-hydrogen) atoms. The van der Waals surface area contributed by atoms with Gasteiger partial charge in [-0.05, 0) is 11.4 Å². The highest BCUT2D eigenvalue weighted by Crippen LogP contribution is 2.27. The van der Waals surface area contributed by atoms with Crippen molar-refractivity contribution < 1.29 is 4.79 Å². The number of hydrogen-bond acceptors (Lipinski definition) is 3. The molecule has 1 amide bonds. The van der Waals surface area contributed by atoms with Crippen LogP contribution < -0.4 is 10.2 Å². The van der Waals surface area contributed by atoms with Gasteiger partial charge < -0.3 is 10.2 Å². The number of amides is 1. The quantitative estimate of drug-likeness (QED) is 0.647. The Kier molecular flexibility index (Phi) is 1.77. The summed E-state index contributed by atoms with van der Waals surface area (Å²) in [5.74, 6) is 0.0515. The van der Waals surface area contributed by atoms with Crippen molar-refractivity contribution in [2.45, 2.75) is 0 Å². The van der Waals surface area contributed by atoms with Crippen molar-refractivity contribution >= 4 is 22.2 Å². The first-order valence-corrected chi connectivity index (χ1v) is 4.74. The van der Waals surface area contributed by atoms with E-state index in [-0.39, 0.29) is 5.91 Å². The van der Waals surface area contributed by atoms with Gasteiger partial charge in [-0.3, -0.25) is 4.79 Å². The Labute approximate surface area is 75.0 Å². The molecule has 0 aromatic carbocycles. The Bertz CT molecular complexity index is 308. The van der Waals surface area contributed by atoms with Crippen molar-refractivity contribution in [3.05, 3.63) is 17.0 Å². The minimum absolute atomic E-state index is 0.0515. The lowest BCUT2D eigenvalue weighted by Crippen LogP contribution is -2.27. The van der Waals surface area contributed by atoms with Crippen molar-refractivity contribution in [1.82, 2.24) is 5.32 Å². The molecular weight excluding hydrogens is 172 g/mol. The van der Waals surface area contributed by atoms with Crippen LogP contribution >= 0.6 is 11.3 Å². The first-order valence-electron chi connectivity index (χ1n) is 3.86. The Hall–Kier alpha value is -1.03. The summed E-state index contributed by atoms with van der Waals surface area (Å²) in [6, 6.07) is 1.87. The van der Waals surface area contributed by atoms with E-state index >= 15 is 0 Å². The normalized spacial score (nSPS) is 16.8. The number of hydrogen-bond donors (Lipinski definition) is 1. The second kappa shape index (κ2) is 2.79. The van der Waals surface area contributed by atoms with Crippen LogP contribution in [0.4, 0.5) is 5.00 Å². The first kappa shape index (κ1) is 7.61. The Balaban J connectivity index is 2.45. The molecule has 1 aliphatic heterocycles. The van der Waals surface area contributed by atoms with Crippen LogP contribution in [0, 0.1) is 0 Å². The third-order valence-electron chi connectivity index (χ3n) is 1.97. The number of thiophene rings is 1. The van der Waals surface area contributed by atoms with E-state index in [0.29, 0.717) is 0 Å². The number of carbonyl (C=O) groups excluding carboxylic acids is 1. The SMILES string of the molecule is CN1CCNC(=O)c2ccsc21. The summed E-state index contributed by atoms with van der Waals surface area (Å²) in [6.07, 6.45) is 0. The number of nitrogens with one attached hydrogen (secondary N) is 1. The molecule has 0 fully saturated rings. The third-order valence-corrected chi connectivity index (χ3v) is 3.00. The van der Waals surface area contributed by atoms with Crippen LogP contribution in [0.1, 0.15) is 10.4 Å². The van der Waals surface area contributed by atoms with E-state index in [9.17, 15) is 4.79 Å². The van der Waals surface area contributed by atoms with Crippen molar-refractivity contribution in [2.75, 3.05) is 25.0 Å². The molecule has 0 unspecified atom stereocenters. The maximum Gasteiger partial charge on any atom is 0.254 e. The molecule has 1 N–H and O–H groups in total. The standard InChI is InChI=1S/C8H10N2OS/c1-10-4-3-9-7(11)6-2-5-12-8(6)10/h2,5H,3-4H2,1H3,(H,9,11). The molecule has 0 atom stereocenters. The molecule has 2 rings (SSSR count). The highest BCUT2D eigenvalue weighted by Gasteiger charge is 2.18. The van der Waals surface area contributed by atoms with E-state index in [1.807, 2.05) is 18.5 Å². The predicted molar refractivity (Wildman–Crippen MR) is 49.9 cm³/mol. The molecule has 64 valence electrons. The van der Waals surface area contributed by atoms with Crippen LogP contribution in [0.15, 0.2) is 11.4 Å². The van der Waals surface area contributed by atoms with E-state index in [1.54, 1.807) is 11.3 Å². The highest BCUT2D eigenvalue weighted by molar-refractivity contribution is 7.14. The monoisotopic (exact) mass is 182 g/mol. The third kappa shape index (κ3) is 1.08. The first-order chi connectivity index (χ1) is 5.79. The van der Waals surface area contributed by atoms with E-state index in [1.165, 1.54) is 0 Å². The lowest BCUT2D eigenvalue weighted by Gasteiger charge is -2.13. The Morgan fingerprint density at radius 1 is 1.67 bits per heavy atom. The summed E-state index contributed by atoms with van der Waals surface area (Å²) in [7, 11) is 2.01. The smallest absolute Gasteiger partial charge is 0.254 e. The molecule has 1 aromatic rings. The van der Waals surface area contributed by atoms with E-state index < -0.39 is 0 Å². The zero-order chi connectivity index (χ0) is 8.55. The molecule has 0 saturated carbocycles. The minimum atomic E-state index is 0.0515. The second-order valence-corrected chi connectivity index (χ2v) is 3.71. The summed E-state index contributed by atoms with van der Waals surface area (Å²) < 4.78 is 0. The van der Waals surface area contributed by atoms with Crippen LogP contribution in [0.3, 0.4) is 0 Å². The molecule has 0 saturated heterocycles. The van der Waals surface area contributed by atoms with Gasteiger partial charge in [0.15, 0.2) is 0 Å². The van der Waals surface area contributed by atoms with E-state index in [2.05, 4.69) is 10.2 Å². The number of rotatable bonds is 0. The molecular formula is C8H10N2OS. The molecule has 0 radical (unpaired) electrons. The van der Waals surface area contributed by atoms with Crippen molar-refractivity contribution in [3.8, 4) is 0 Å². The van der Waals surface area contributed by atoms with Crippen molar-refractivity contribution in [2.24, 2.45) is 0 Å². The number of nitrogens with zero attached hydrogens (tertiary/aromatic N) is 1. The number of anilines is 1. The minimum Gasteiger partial charge on any atom is -0.364 e. The molecule has 1 aliphatic rings. The largest absolute Gasteiger partial charge is 0.364 e. The van der Waals surface area contributed by atoms with Gasteiger partial charge in [-0.15, -0.1) is 11.3 Å². The van der Waals surface area contributed by atoms with Gasteiger partial charge in [0.2, 0.25) is 0 Å². The Morgan fingerprint density at radius 2 is 2.50 bits per heavy atom. The fraction of sp³-hybridized carbons (Fsp3) is 0.375. The molecule has 0 bridgehead atoms. The van der Waals surface area contributed by atoms with Crippen LogP contribution in [0.2, 0.25) is 0 Å². The molecule has 3 nitrogen and oxygen atoms in total. The van der Waals surface area contributed by atoms with Crippen LogP contribution in [-0.4, -0.2) is 26.0 Å². The zero-order valence-electron chi connectivity index (χ0n) is 6.83. The summed E-state index contributed by atoms with van der Waals surface area (Å²) in [4.78, 5) is 13.5. The molecule has 0 aliphatic carbocycles. The topological polar surface area (TPSA) is 32.3 Å². The van der Waals surface area contributed by atoms with Gasteiger partial charge >= 0.3 is 0 Å². The van der Waals surface area contributed by atoms with Gasteiger partial charge in [0, 0.05) is 20.1 Å². The van der Waals surface area contributed by atoms with Crippen molar-refractivity contribution in [1.29, 1.82) is 0 Å². The molecule has 0 spiro atoms. The van der Waals surface area contributed by atoms with Gasteiger partial charge in [-0.25, -0.2) is 0 Å². The summed E-state index contributed by atoms with van der Waals surface area (Å²) in [6.45, 7) is 1.62. The van der Waals surface area contributed by atoms with Gasteiger partial charge in [0.05, 0.1) is 5.56 Å². The van der Waals surface area contributed by atoms with E-state index in [0.717, 1.165) is 23.7 Å². The summed E-state index contributed by atoms with van der Waals surface area (Å²) >= 11 is 1.62. The molecule has 2 heterocycles. The van der Waals surface area contributed by atoms with Gasteiger partial charge in [-0.2, -0.15) is 0 Å². The highest BCUT2D eigenvalue weighted by atomic mass is 32.1. The number of carbonyl (C=O) groups is 1.